The maximum absolute atomic E-state index is 9.20. The van der Waals surface area contributed by atoms with Crippen LogP contribution in [0.4, 0.5) is 0 Å². The molecule has 0 saturated carbocycles. The van der Waals surface area contributed by atoms with E-state index >= 15 is 0 Å². The van der Waals surface area contributed by atoms with Gasteiger partial charge in [-0.15, -0.1) is 11.5 Å². The van der Waals surface area contributed by atoms with E-state index in [0.29, 0.717) is 5.92 Å². The van der Waals surface area contributed by atoms with Gasteiger partial charge in [-0.05, 0) is 51.0 Å². The van der Waals surface area contributed by atoms with Crippen LogP contribution in [0.5, 0.6) is 11.5 Å². The smallest absolute Gasteiger partial charge is 0.00207 e. The van der Waals surface area contributed by atoms with Crippen molar-refractivity contribution in [2.24, 2.45) is 17.8 Å². The van der Waals surface area contributed by atoms with E-state index in [0.717, 1.165) is 36.9 Å². The van der Waals surface area contributed by atoms with Crippen LogP contribution >= 0.6 is 0 Å². The van der Waals surface area contributed by atoms with E-state index < -0.39 is 0 Å². The van der Waals surface area contributed by atoms with Gasteiger partial charge in [0.1, 0.15) is 0 Å². The summed E-state index contributed by atoms with van der Waals surface area (Å²) in [5.41, 5.74) is 2.36. The molecule has 3 nitrogen and oxygen atoms in total. The standard InChI is InChI=1S/C11H13NO2.C10H18.C2H6.2Y/c1-12-6-9(7-12)2-8-3-10(13)5-11(14)4-8;1-8(2)10-6-4-9(3)5-7-10;1-2;;/h5,9,13-14H,2,6-7H2,1H3;4,8,10H,5-7H2,1-3H3;1-2H3;;/q-2;;;;. The van der Waals surface area contributed by atoms with Gasteiger partial charge in [-0.2, -0.15) is 0 Å². The monoisotopic (exact) mass is 537 g/mol. The van der Waals surface area contributed by atoms with Gasteiger partial charge in [-0.3, -0.25) is 5.56 Å². The summed E-state index contributed by atoms with van der Waals surface area (Å²) in [7, 11) is 2.07. The van der Waals surface area contributed by atoms with Crippen LogP contribution in [-0.2, 0) is 71.8 Å². The third-order valence-corrected chi connectivity index (χ3v) is 5.09. The fourth-order valence-corrected chi connectivity index (χ4v) is 3.48. The van der Waals surface area contributed by atoms with Crippen molar-refractivity contribution in [2.75, 3.05) is 20.1 Å². The molecule has 1 saturated heterocycles. The Labute approximate surface area is 223 Å². The Morgan fingerprint density at radius 3 is 2.04 bits per heavy atom. The van der Waals surface area contributed by atoms with Gasteiger partial charge in [0.2, 0.25) is 0 Å². The first-order valence-corrected chi connectivity index (χ1v) is 10.0. The van der Waals surface area contributed by atoms with Crippen LogP contribution in [0.3, 0.4) is 0 Å². The summed E-state index contributed by atoms with van der Waals surface area (Å²) in [4.78, 5) is 2.23. The Morgan fingerprint density at radius 1 is 1.11 bits per heavy atom. The van der Waals surface area contributed by atoms with Crippen LogP contribution in [-0.4, -0.2) is 35.3 Å². The summed E-state index contributed by atoms with van der Waals surface area (Å²) < 4.78 is 0. The van der Waals surface area contributed by atoms with Gasteiger partial charge in [-0.1, -0.05) is 45.8 Å². The van der Waals surface area contributed by atoms with Gasteiger partial charge < -0.3 is 27.2 Å². The van der Waals surface area contributed by atoms with Gasteiger partial charge in [0.25, 0.3) is 0 Å². The summed E-state index contributed by atoms with van der Waals surface area (Å²) in [5, 5.41) is 18.4. The second-order valence-electron chi connectivity index (χ2n) is 7.76. The van der Waals surface area contributed by atoms with Crippen LogP contribution in [0.1, 0.15) is 59.4 Å². The molecule has 5 heteroatoms. The molecule has 0 spiro atoms. The number of benzene rings is 1. The molecule has 1 aromatic carbocycles. The molecule has 0 amide bonds. The van der Waals surface area contributed by atoms with Crippen LogP contribution < -0.4 is 0 Å². The number of phenolic OH excluding ortho intramolecular Hbond substituents is 2. The van der Waals surface area contributed by atoms with E-state index in [1.807, 2.05) is 13.8 Å². The molecule has 1 unspecified atom stereocenters. The van der Waals surface area contributed by atoms with Crippen molar-refractivity contribution in [3.63, 3.8) is 0 Å². The molecule has 3 rings (SSSR count). The molecule has 0 aromatic heterocycles. The second kappa shape index (κ2) is 16.4. The first-order chi connectivity index (χ1) is 12.3. The SMILES string of the molecule is CC.CC1=CCC(C(C)C)CC1.CN1CC(Cc2[c-]c(O)cc(O)[c-]2)C1.[Y].[Y]. The van der Waals surface area contributed by atoms with Gasteiger partial charge in [0.05, 0.1) is 0 Å². The molecule has 1 aliphatic carbocycles. The Balaban J connectivity index is 0. The van der Waals surface area contributed by atoms with Gasteiger partial charge in [0, 0.05) is 78.5 Å². The molecule has 28 heavy (non-hydrogen) atoms. The number of aromatic hydroxyl groups is 2. The maximum atomic E-state index is 9.20. The quantitative estimate of drug-likeness (QED) is 0.411. The summed E-state index contributed by atoms with van der Waals surface area (Å²) in [5.74, 6) is 2.43. The molecule has 1 atom stereocenters. The molecule has 1 aliphatic heterocycles. The van der Waals surface area contributed by atoms with Crippen LogP contribution in [0.2, 0.25) is 0 Å². The molecule has 2 N–H and O–H groups in total. The van der Waals surface area contributed by atoms with Crippen LogP contribution in [0, 0.1) is 29.9 Å². The van der Waals surface area contributed by atoms with E-state index in [4.69, 9.17) is 0 Å². The number of phenols is 2. The molecule has 1 heterocycles. The zero-order chi connectivity index (χ0) is 19.7. The van der Waals surface area contributed by atoms with Crippen molar-refractivity contribution in [1.82, 2.24) is 4.90 Å². The number of hydrogen-bond acceptors (Lipinski definition) is 3. The molecule has 0 bridgehead atoms. The minimum Gasteiger partial charge on any atom is -0.557 e. The normalized spacial score (nSPS) is 18.8. The largest absolute Gasteiger partial charge is 0.557 e. The minimum absolute atomic E-state index is 0. The fourth-order valence-electron chi connectivity index (χ4n) is 3.48. The Bertz CT molecular complexity index is 549. The molecule has 1 aromatic rings. The van der Waals surface area contributed by atoms with Crippen molar-refractivity contribution < 1.29 is 75.6 Å². The molecular formula is C23H37NO2Y2-2. The maximum Gasteiger partial charge on any atom is 0.00207 e. The summed E-state index contributed by atoms with van der Waals surface area (Å²) in [6.07, 6.45) is 7.31. The van der Waals surface area contributed by atoms with Crippen molar-refractivity contribution in [3.05, 3.63) is 35.4 Å². The van der Waals surface area contributed by atoms with Crippen LogP contribution in [0.15, 0.2) is 17.7 Å². The third-order valence-electron chi connectivity index (χ3n) is 5.09. The number of nitrogens with zero attached hydrogens (tertiary/aromatic N) is 1. The molecule has 2 radical (unpaired) electrons. The second-order valence-corrected chi connectivity index (χ2v) is 7.76. The Kier molecular flexibility index (Phi) is 18.1. The fraction of sp³-hybridized carbons (Fsp3) is 0.652. The topological polar surface area (TPSA) is 43.7 Å². The minimum atomic E-state index is -0.0103. The molecular weight excluding hydrogens is 500 g/mol. The predicted molar refractivity (Wildman–Crippen MR) is 109 cm³/mol. The van der Waals surface area contributed by atoms with E-state index in [1.54, 1.807) is 5.57 Å². The Hall–Kier alpha value is 0.728. The van der Waals surface area contributed by atoms with Crippen molar-refractivity contribution in [1.29, 1.82) is 0 Å². The average molecular weight is 537 g/mol. The number of likely N-dealkylation sites (tertiary alicyclic amines) is 1. The third kappa shape index (κ3) is 11.8. The van der Waals surface area contributed by atoms with E-state index in [1.165, 1.54) is 25.3 Å². The number of rotatable bonds is 3. The number of allylic oxidation sites excluding steroid dienone is 2. The van der Waals surface area contributed by atoms with Crippen molar-refractivity contribution >= 4 is 0 Å². The van der Waals surface area contributed by atoms with E-state index in [-0.39, 0.29) is 76.9 Å². The van der Waals surface area contributed by atoms with Crippen molar-refractivity contribution in [2.45, 2.75) is 60.3 Å². The van der Waals surface area contributed by atoms with Crippen molar-refractivity contribution in [3.8, 4) is 11.5 Å². The molecule has 1 fully saturated rings. The zero-order valence-corrected chi connectivity index (χ0v) is 24.3. The first kappa shape index (κ1) is 30.9. The summed E-state index contributed by atoms with van der Waals surface area (Å²) >= 11 is 0. The summed E-state index contributed by atoms with van der Waals surface area (Å²) in [6.45, 7) is 13.0. The molecule has 2 aliphatic rings. The number of hydrogen-bond donors (Lipinski definition) is 2. The first-order valence-electron chi connectivity index (χ1n) is 10.0. The predicted octanol–water partition coefficient (Wildman–Crippen LogP) is 5.21. The van der Waals surface area contributed by atoms with Gasteiger partial charge in [0.15, 0.2) is 0 Å². The van der Waals surface area contributed by atoms with E-state index in [2.05, 4.69) is 50.9 Å². The van der Waals surface area contributed by atoms with E-state index in [9.17, 15) is 10.2 Å². The van der Waals surface area contributed by atoms with Gasteiger partial charge in [-0.25, -0.2) is 6.07 Å². The zero-order valence-electron chi connectivity index (χ0n) is 18.6. The molecule has 154 valence electrons. The van der Waals surface area contributed by atoms with Crippen LogP contribution in [0.25, 0.3) is 0 Å². The van der Waals surface area contributed by atoms with Gasteiger partial charge >= 0.3 is 0 Å². The average Bonchev–Trinajstić information content (AvgIpc) is 2.55. The summed E-state index contributed by atoms with van der Waals surface area (Å²) in [6, 6.07) is 6.81. The Morgan fingerprint density at radius 2 is 1.64 bits per heavy atom.